The molecule has 1 fully saturated rings. The highest BCUT2D eigenvalue weighted by molar-refractivity contribution is 7.98. The molecule has 1 aliphatic rings. The first-order chi connectivity index (χ1) is 7.72. The smallest absolute Gasteiger partial charge is 0.0409 e. The first-order valence-corrected chi connectivity index (χ1v) is 7.36. The van der Waals surface area contributed by atoms with Crippen molar-refractivity contribution in [1.82, 2.24) is 0 Å². The van der Waals surface area contributed by atoms with Gasteiger partial charge in [-0.3, -0.25) is 0 Å². The van der Waals surface area contributed by atoms with Gasteiger partial charge in [0.25, 0.3) is 0 Å². The van der Waals surface area contributed by atoms with Crippen LogP contribution in [0.15, 0.2) is 23.1 Å². The Kier molecular flexibility index (Phi) is 3.83. The Morgan fingerprint density at radius 1 is 1.38 bits per heavy atom. The zero-order chi connectivity index (χ0) is 11.6. The number of thioether (sulfide) groups is 1. The standard InChI is InChI=1S/C13H18ClNS/c1-16-12-5-4-10(14)8-11(12)13(9-15)6-2-3-7-13/h4-5,8H,2-3,6-7,9,15H2,1H3. The van der Waals surface area contributed by atoms with Crippen molar-refractivity contribution in [3.8, 4) is 0 Å². The van der Waals surface area contributed by atoms with E-state index in [9.17, 15) is 0 Å². The van der Waals surface area contributed by atoms with Crippen LogP contribution in [0.4, 0.5) is 0 Å². The minimum absolute atomic E-state index is 0.184. The van der Waals surface area contributed by atoms with Crippen molar-refractivity contribution in [2.75, 3.05) is 12.8 Å². The molecule has 0 atom stereocenters. The monoisotopic (exact) mass is 255 g/mol. The van der Waals surface area contributed by atoms with E-state index in [1.54, 1.807) is 11.8 Å². The second kappa shape index (κ2) is 4.99. The van der Waals surface area contributed by atoms with E-state index in [2.05, 4.69) is 18.4 Å². The Balaban J connectivity index is 2.47. The van der Waals surface area contributed by atoms with Gasteiger partial charge in [0.2, 0.25) is 0 Å². The van der Waals surface area contributed by atoms with Gasteiger partial charge in [-0.1, -0.05) is 24.4 Å². The Morgan fingerprint density at radius 2 is 2.06 bits per heavy atom. The molecule has 0 bridgehead atoms. The minimum Gasteiger partial charge on any atom is -0.330 e. The number of hydrogen-bond donors (Lipinski definition) is 1. The highest BCUT2D eigenvalue weighted by atomic mass is 35.5. The lowest BCUT2D eigenvalue weighted by atomic mass is 9.79. The maximum absolute atomic E-state index is 6.12. The van der Waals surface area contributed by atoms with Crippen LogP contribution >= 0.6 is 23.4 Å². The van der Waals surface area contributed by atoms with Gasteiger partial charge in [-0.25, -0.2) is 0 Å². The number of benzene rings is 1. The molecule has 1 saturated carbocycles. The van der Waals surface area contributed by atoms with Gasteiger partial charge in [-0.2, -0.15) is 0 Å². The second-order valence-electron chi connectivity index (χ2n) is 4.54. The predicted octanol–water partition coefficient (Wildman–Crippen LogP) is 3.83. The van der Waals surface area contributed by atoms with Gasteiger partial charge in [0.05, 0.1) is 0 Å². The summed E-state index contributed by atoms with van der Waals surface area (Å²) in [6.45, 7) is 0.737. The molecule has 2 rings (SSSR count). The van der Waals surface area contributed by atoms with Crippen LogP contribution in [0, 0.1) is 0 Å². The van der Waals surface area contributed by atoms with Crippen LogP contribution in [-0.4, -0.2) is 12.8 Å². The molecule has 2 N–H and O–H groups in total. The Morgan fingerprint density at radius 3 is 2.62 bits per heavy atom. The molecule has 1 nitrogen and oxygen atoms in total. The summed E-state index contributed by atoms with van der Waals surface area (Å²) < 4.78 is 0. The molecule has 0 spiro atoms. The topological polar surface area (TPSA) is 26.0 Å². The van der Waals surface area contributed by atoms with E-state index in [4.69, 9.17) is 17.3 Å². The van der Waals surface area contributed by atoms with Crippen molar-refractivity contribution in [3.63, 3.8) is 0 Å². The van der Waals surface area contributed by atoms with Gasteiger partial charge in [0.1, 0.15) is 0 Å². The lowest BCUT2D eigenvalue weighted by molar-refractivity contribution is 0.445. The summed E-state index contributed by atoms with van der Waals surface area (Å²) in [5.41, 5.74) is 7.57. The third-order valence-electron chi connectivity index (χ3n) is 3.68. The number of hydrogen-bond acceptors (Lipinski definition) is 2. The van der Waals surface area contributed by atoms with Gasteiger partial charge in [0.15, 0.2) is 0 Å². The highest BCUT2D eigenvalue weighted by Gasteiger charge is 2.35. The average Bonchev–Trinajstić information content (AvgIpc) is 2.78. The number of rotatable bonds is 3. The van der Waals surface area contributed by atoms with Gasteiger partial charge < -0.3 is 5.73 Å². The summed E-state index contributed by atoms with van der Waals surface area (Å²) in [7, 11) is 0. The molecule has 0 radical (unpaired) electrons. The molecule has 1 aromatic carbocycles. The van der Waals surface area contributed by atoms with Crippen LogP contribution in [0.3, 0.4) is 0 Å². The quantitative estimate of drug-likeness (QED) is 0.831. The Bertz CT molecular complexity index is 372. The third kappa shape index (κ3) is 2.11. The minimum atomic E-state index is 0.184. The van der Waals surface area contributed by atoms with Crippen LogP contribution in [-0.2, 0) is 5.41 Å². The maximum atomic E-state index is 6.12. The van der Waals surface area contributed by atoms with E-state index in [0.29, 0.717) is 0 Å². The molecule has 16 heavy (non-hydrogen) atoms. The number of nitrogens with two attached hydrogens (primary N) is 1. The third-order valence-corrected chi connectivity index (χ3v) is 4.72. The molecule has 0 saturated heterocycles. The van der Waals surface area contributed by atoms with E-state index in [0.717, 1.165) is 11.6 Å². The SMILES string of the molecule is CSc1ccc(Cl)cc1C1(CN)CCCC1. The van der Waals surface area contributed by atoms with Crippen molar-refractivity contribution in [2.45, 2.75) is 36.0 Å². The van der Waals surface area contributed by atoms with Crippen molar-refractivity contribution in [2.24, 2.45) is 5.73 Å². The molecule has 3 heteroatoms. The summed E-state index contributed by atoms with van der Waals surface area (Å²) in [6, 6.07) is 6.21. The second-order valence-corrected chi connectivity index (χ2v) is 5.82. The van der Waals surface area contributed by atoms with E-state index < -0.39 is 0 Å². The van der Waals surface area contributed by atoms with E-state index in [1.165, 1.54) is 36.1 Å². The lowest BCUT2D eigenvalue weighted by Gasteiger charge is -2.30. The van der Waals surface area contributed by atoms with Crippen molar-refractivity contribution in [3.05, 3.63) is 28.8 Å². The maximum Gasteiger partial charge on any atom is 0.0409 e. The zero-order valence-electron chi connectivity index (χ0n) is 9.63. The highest BCUT2D eigenvalue weighted by Crippen LogP contribution is 2.44. The molecule has 1 aromatic rings. The van der Waals surface area contributed by atoms with Crippen LogP contribution < -0.4 is 5.73 Å². The molecule has 88 valence electrons. The van der Waals surface area contributed by atoms with Crippen molar-refractivity contribution < 1.29 is 0 Å². The fourth-order valence-corrected chi connectivity index (χ4v) is 3.60. The average molecular weight is 256 g/mol. The fourth-order valence-electron chi connectivity index (χ4n) is 2.73. The molecule has 1 aliphatic carbocycles. The lowest BCUT2D eigenvalue weighted by Crippen LogP contribution is -2.32. The summed E-state index contributed by atoms with van der Waals surface area (Å²) in [5, 5.41) is 0.826. The summed E-state index contributed by atoms with van der Waals surface area (Å²) in [6.07, 6.45) is 7.11. The molecule has 0 heterocycles. The first kappa shape index (κ1) is 12.3. The molecule has 0 unspecified atom stereocenters. The predicted molar refractivity (Wildman–Crippen MR) is 72.4 cm³/mol. The van der Waals surface area contributed by atoms with E-state index in [-0.39, 0.29) is 5.41 Å². The van der Waals surface area contributed by atoms with Crippen LogP contribution in [0.1, 0.15) is 31.2 Å². The summed E-state index contributed by atoms with van der Waals surface area (Å²) >= 11 is 7.91. The zero-order valence-corrected chi connectivity index (χ0v) is 11.2. The first-order valence-electron chi connectivity index (χ1n) is 5.76. The molecule has 0 amide bonds. The van der Waals surface area contributed by atoms with E-state index in [1.807, 2.05) is 6.07 Å². The Labute approximate surface area is 107 Å². The van der Waals surface area contributed by atoms with Gasteiger partial charge >= 0.3 is 0 Å². The van der Waals surface area contributed by atoms with Gasteiger partial charge in [-0.15, -0.1) is 11.8 Å². The Hall–Kier alpha value is -0.180. The molecule has 0 aliphatic heterocycles. The largest absolute Gasteiger partial charge is 0.330 e. The van der Waals surface area contributed by atoms with Gasteiger partial charge in [-0.05, 0) is 42.9 Å². The van der Waals surface area contributed by atoms with Crippen molar-refractivity contribution >= 4 is 23.4 Å². The normalized spacial score (nSPS) is 18.9. The fraction of sp³-hybridized carbons (Fsp3) is 0.538. The molecular formula is C13H18ClNS. The van der Waals surface area contributed by atoms with Gasteiger partial charge in [0, 0.05) is 21.9 Å². The molecular weight excluding hydrogens is 238 g/mol. The van der Waals surface area contributed by atoms with Crippen LogP contribution in [0.25, 0.3) is 0 Å². The van der Waals surface area contributed by atoms with E-state index >= 15 is 0 Å². The van der Waals surface area contributed by atoms with Crippen LogP contribution in [0.5, 0.6) is 0 Å². The van der Waals surface area contributed by atoms with Crippen molar-refractivity contribution in [1.29, 1.82) is 0 Å². The summed E-state index contributed by atoms with van der Waals surface area (Å²) in [4.78, 5) is 1.33. The number of halogens is 1. The molecule has 0 aromatic heterocycles. The summed E-state index contributed by atoms with van der Waals surface area (Å²) in [5.74, 6) is 0. The van der Waals surface area contributed by atoms with Crippen LogP contribution in [0.2, 0.25) is 5.02 Å².